The molecule has 9 nitrogen and oxygen atoms in total. The van der Waals surface area contributed by atoms with Gasteiger partial charge in [0.05, 0.1) is 11.5 Å². The summed E-state index contributed by atoms with van der Waals surface area (Å²) in [5.74, 6) is -2.83. The third-order valence-electron chi connectivity index (χ3n) is 4.20. The zero-order chi connectivity index (χ0) is 18.9. The van der Waals surface area contributed by atoms with E-state index in [9.17, 15) is 27.6 Å². The molecule has 0 bridgehead atoms. The molecular weight excluding hydrogens is 382 g/mol. The Kier molecular flexibility index (Phi) is 5.10. The number of amides is 5. The smallest absolute Gasteiger partial charge is 0.334 e. The van der Waals surface area contributed by atoms with Gasteiger partial charge in [0.15, 0.2) is 9.84 Å². The Morgan fingerprint density at radius 1 is 1.23 bits per heavy atom. The van der Waals surface area contributed by atoms with Crippen molar-refractivity contribution < 1.29 is 27.6 Å². The minimum absolute atomic E-state index is 0.00545. The number of carbonyl (C=O) groups is 4. The fraction of sp³-hybridized carbons (Fsp3) is 0.467. The van der Waals surface area contributed by atoms with Crippen LogP contribution in [0.5, 0.6) is 0 Å². The maximum absolute atomic E-state index is 12.3. The number of hydrogen-bond acceptors (Lipinski definition) is 7. The Morgan fingerprint density at radius 3 is 2.58 bits per heavy atom. The molecule has 3 heterocycles. The molecule has 0 aliphatic carbocycles. The van der Waals surface area contributed by atoms with Gasteiger partial charge in [-0.1, -0.05) is 6.07 Å². The first-order valence-electron chi connectivity index (χ1n) is 7.96. The second kappa shape index (κ2) is 7.16. The maximum atomic E-state index is 12.3. The third-order valence-corrected chi connectivity index (χ3v) is 6.90. The summed E-state index contributed by atoms with van der Waals surface area (Å²) in [5, 5.41) is 4.36. The predicted octanol–water partition coefficient (Wildman–Crippen LogP) is -0.615. The second-order valence-corrected chi connectivity index (χ2v) is 9.39. The lowest BCUT2D eigenvalue weighted by Gasteiger charge is -2.16. The fourth-order valence-electron chi connectivity index (χ4n) is 2.89. The summed E-state index contributed by atoms with van der Waals surface area (Å²) in [6.07, 6.45) is 0.726. The van der Waals surface area contributed by atoms with Crippen LogP contribution in [0.1, 0.15) is 11.3 Å². The molecule has 0 radical (unpaired) electrons. The molecule has 140 valence electrons. The van der Waals surface area contributed by atoms with Gasteiger partial charge < -0.3 is 5.32 Å². The van der Waals surface area contributed by atoms with E-state index in [4.69, 9.17) is 0 Å². The van der Waals surface area contributed by atoms with Crippen LogP contribution in [0.15, 0.2) is 17.5 Å². The number of urea groups is 1. The summed E-state index contributed by atoms with van der Waals surface area (Å²) in [4.78, 5) is 50.7. The average molecular weight is 399 g/mol. The van der Waals surface area contributed by atoms with Crippen molar-refractivity contribution in [1.82, 2.24) is 15.1 Å². The third kappa shape index (κ3) is 3.93. The first-order valence-corrected chi connectivity index (χ1v) is 10.7. The number of rotatable bonds is 6. The number of hydrogen-bond donors (Lipinski definition) is 1. The molecule has 2 saturated heterocycles. The molecule has 1 aromatic rings. The van der Waals surface area contributed by atoms with E-state index in [1.165, 1.54) is 11.3 Å². The Hall–Kier alpha value is -2.27. The quantitative estimate of drug-likeness (QED) is 0.503. The molecule has 0 aromatic carbocycles. The minimum Gasteiger partial charge on any atom is -0.351 e. The Bertz CT molecular complexity index is 849. The standard InChI is InChI=1S/C15H17N3O6S2/c19-12(16-10-4-7-26(23,24)9-10)8-18-14(21)13(20)17(15(18)22)5-3-11-2-1-6-25-11/h1-2,6,10H,3-5,7-9H2,(H,16,19). The monoisotopic (exact) mass is 399 g/mol. The lowest BCUT2D eigenvalue weighted by atomic mass is 10.2. The van der Waals surface area contributed by atoms with Crippen LogP contribution in [-0.4, -0.2) is 72.6 Å². The molecule has 1 aromatic heterocycles. The number of nitrogens with zero attached hydrogens (tertiary/aromatic N) is 2. The van der Waals surface area contributed by atoms with Crippen molar-refractivity contribution in [2.45, 2.75) is 18.9 Å². The van der Waals surface area contributed by atoms with Gasteiger partial charge in [-0.2, -0.15) is 0 Å². The highest BCUT2D eigenvalue weighted by Crippen LogP contribution is 2.16. The summed E-state index contributed by atoms with van der Waals surface area (Å²) < 4.78 is 22.8. The Labute approximate surface area is 153 Å². The molecule has 1 N–H and O–H groups in total. The second-order valence-electron chi connectivity index (χ2n) is 6.13. The Balaban J connectivity index is 1.57. The van der Waals surface area contributed by atoms with Crippen molar-refractivity contribution in [2.75, 3.05) is 24.6 Å². The number of imide groups is 2. The molecule has 2 fully saturated rings. The highest BCUT2D eigenvalue weighted by molar-refractivity contribution is 7.91. The summed E-state index contributed by atoms with van der Waals surface area (Å²) in [6, 6.07) is 2.34. The maximum Gasteiger partial charge on any atom is 0.334 e. The first kappa shape index (κ1) is 18.5. The van der Waals surface area contributed by atoms with Crippen LogP contribution in [0, 0.1) is 0 Å². The molecule has 0 saturated carbocycles. The Morgan fingerprint density at radius 2 is 1.96 bits per heavy atom. The first-order chi connectivity index (χ1) is 12.3. The highest BCUT2D eigenvalue weighted by atomic mass is 32.2. The van der Waals surface area contributed by atoms with Crippen molar-refractivity contribution in [2.24, 2.45) is 0 Å². The number of nitrogens with one attached hydrogen (secondary N) is 1. The van der Waals surface area contributed by atoms with Crippen molar-refractivity contribution in [3.63, 3.8) is 0 Å². The molecule has 11 heteroatoms. The summed E-state index contributed by atoms with van der Waals surface area (Å²) in [6.45, 7) is -0.543. The van der Waals surface area contributed by atoms with Crippen molar-refractivity contribution >= 4 is 44.9 Å². The van der Waals surface area contributed by atoms with Crippen LogP contribution in [0.25, 0.3) is 0 Å². The van der Waals surface area contributed by atoms with Gasteiger partial charge in [0.2, 0.25) is 5.91 Å². The van der Waals surface area contributed by atoms with Crippen LogP contribution < -0.4 is 5.32 Å². The van der Waals surface area contributed by atoms with Crippen molar-refractivity contribution in [3.8, 4) is 0 Å². The van der Waals surface area contributed by atoms with E-state index in [2.05, 4.69) is 5.32 Å². The molecule has 2 aliphatic heterocycles. The van der Waals surface area contributed by atoms with Gasteiger partial charge in [-0.15, -0.1) is 11.3 Å². The van der Waals surface area contributed by atoms with Crippen LogP contribution >= 0.6 is 11.3 Å². The number of thiophene rings is 1. The van der Waals surface area contributed by atoms with Gasteiger partial charge >= 0.3 is 17.8 Å². The molecule has 2 aliphatic rings. The molecule has 3 rings (SSSR count). The van der Waals surface area contributed by atoms with E-state index in [1.807, 2.05) is 17.5 Å². The SMILES string of the molecule is O=C(CN1C(=O)C(=O)N(CCc2cccs2)C1=O)NC1CCS(=O)(=O)C1. The van der Waals surface area contributed by atoms with Crippen LogP contribution in [0.3, 0.4) is 0 Å². The van der Waals surface area contributed by atoms with Crippen LogP contribution in [0.2, 0.25) is 0 Å². The highest BCUT2D eigenvalue weighted by Gasteiger charge is 2.45. The van der Waals surface area contributed by atoms with Gasteiger partial charge in [0.1, 0.15) is 6.54 Å². The zero-order valence-corrected chi connectivity index (χ0v) is 15.3. The average Bonchev–Trinajstić information content (AvgIpc) is 3.24. The van der Waals surface area contributed by atoms with Gasteiger partial charge in [0.25, 0.3) is 0 Å². The lowest BCUT2D eigenvalue weighted by molar-refractivity contribution is -0.144. The predicted molar refractivity (Wildman–Crippen MR) is 92.0 cm³/mol. The summed E-state index contributed by atoms with van der Waals surface area (Å²) in [5.41, 5.74) is 0. The fourth-order valence-corrected chi connectivity index (χ4v) is 5.26. The number of sulfone groups is 1. The van der Waals surface area contributed by atoms with Gasteiger partial charge in [-0.25, -0.2) is 18.1 Å². The van der Waals surface area contributed by atoms with Crippen molar-refractivity contribution in [3.05, 3.63) is 22.4 Å². The molecule has 26 heavy (non-hydrogen) atoms. The van der Waals surface area contributed by atoms with Gasteiger partial charge in [-0.05, 0) is 17.9 Å². The minimum atomic E-state index is -3.16. The van der Waals surface area contributed by atoms with E-state index in [1.54, 1.807) is 0 Å². The largest absolute Gasteiger partial charge is 0.351 e. The molecule has 1 atom stereocenters. The molecule has 1 unspecified atom stereocenters. The van der Waals surface area contributed by atoms with Gasteiger partial charge in [-0.3, -0.25) is 19.3 Å². The van der Waals surface area contributed by atoms with Gasteiger partial charge in [0, 0.05) is 23.9 Å². The van der Waals surface area contributed by atoms with E-state index in [0.29, 0.717) is 17.7 Å². The van der Waals surface area contributed by atoms with E-state index in [-0.39, 0.29) is 18.1 Å². The summed E-state index contributed by atoms with van der Waals surface area (Å²) >= 11 is 1.48. The molecule has 0 spiro atoms. The molecular formula is C15H17N3O6S2. The van der Waals surface area contributed by atoms with E-state index in [0.717, 1.165) is 9.78 Å². The van der Waals surface area contributed by atoms with Crippen LogP contribution in [-0.2, 0) is 30.6 Å². The van der Waals surface area contributed by atoms with E-state index >= 15 is 0 Å². The topological polar surface area (TPSA) is 121 Å². The normalized spacial score (nSPS) is 22.3. The zero-order valence-electron chi connectivity index (χ0n) is 13.7. The van der Waals surface area contributed by atoms with Crippen molar-refractivity contribution in [1.29, 1.82) is 0 Å². The van der Waals surface area contributed by atoms with E-state index < -0.39 is 46.2 Å². The number of carbonyl (C=O) groups excluding carboxylic acids is 4. The lowest BCUT2D eigenvalue weighted by Crippen LogP contribution is -2.45. The van der Waals surface area contributed by atoms with Crippen LogP contribution in [0.4, 0.5) is 4.79 Å². The summed E-state index contributed by atoms with van der Waals surface area (Å²) in [7, 11) is -3.16. The molecule has 5 amide bonds.